The molecule has 0 spiro atoms. The highest BCUT2D eigenvalue weighted by atomic mass is 32.2. The van der Waals surface area contributed by atoms with Crippen LogP contribution in [0.5, 0.6) is 0 Å². The molecule has 21 heavy (non-hydrogen) atoms. The number of amides is 1. The lowest BCUT2D eigenvalue weighted by Gasteiger charge is -2.05. The fourth-order valence-corrected chi connectivity index (χ4v) is 2.22. The second-order valence-electron chi connectivity index (χ2n) is 4.40. The SMILES string of the molecule is O=C(O)CSCCNC(=O)CCCc1ccc(F)c(F)c1. The Hall–Kier alpha value is -1.63. The number of carboxylic acid groups (broad SMARTS) is 1. The number of aryl methyl sites for hydroxylation is 1. The number of carbonyl (C=O) groups excluding carboxylic acids is 1. The summed E-state index contributed by atoms with van der Waals surface area (Å²) in [5, 5.41) is 11.1. The summed E-state index contributed by atoms with van der Waals surface area (Å²) < 4.78 is 25.7. The minimum atomic E-state index is -0.882. The molecule has 0 unspecified atom stereocenters. The van der Waals surface area contributed by atoms with Crippen molar-refractivity contribution in [2.75, 3.05) is 18.1 Å². The summed E-state index contributed by atoms with van der Waals surface area (Å²) in [6, 6.07) is 3.71. The molecule has 2 N–H and O–H groups in total. The molecule has 0 saturated heterocycles. The molecule has 0 radical (unpaired) electrons. The Bertz CT molecular complexity index is 497. The van der Waals surface area contributed by atoms with Crippen LogP contribution in [0.3, 0.4) is 0 Å². The van der Waals surface area contributed by atoms with Gasteiger partial charge in [-0.2, -0.15) is 0 Å². The van der Waals surface area contributed by atoms with Gasteiger partial charge in [0.05, 0.1) is 5.75 Å². The third-order valence-electron chi connectivity index (χ3n) is 2.65. The van der Waals surface area contributed by atoms with Gasteiger partial charge in [0.1, 0.15) is 0 Å². The average molecular weight is 317 g/mol. The topological polar surface area (TPSA) is 66.4 Å². The fraction of sp³-hybridized carbons (Fsp3) is 0.429. The van der Waals surface area contributed by atoms with Crippen LogP contribution in [0.4, 0.5) is 8.78 Å². The summed E-state index contributed by atoms with van der Waals surface area (Å²) in [6.45, 7) is 0.419. The van der Waals surface area contributed by atoms with Crippen molar-refractivity contribution in [3.63, 3.8) is 0 Å². The van der Waals surface area contributed by atoms with Gasteiger partial charge in [0.15, 0.2) is 11.6 Å². The van der Waals surface area contributed by atoms with Crippen LogP contribution in [-0.2, 0) is 16.0 Å². The molecule has 0 fully saturated rings. The predicted molar refractivity (Wildman–Crippen MR) is 77.3 cm³/mol. The van der Waals surface area contributed by atoms with Gasteiger partial charge in [0.25, 0.3) is 0 Å². The Balaban J connectivity index is 2.13. The van der Waals surface area contributed by atoms with Crippen molar-refractivity contribution in [2.24, 2.45) is 0 Å². The summed E-state index contributed by atoms with van der Waals surface area (Å²) in [5.41, 5.74) is 0.652. The number of thioether (sulfide) groups is 1. The van der Waals surface area contributed by atoms with Gasteiger partial charge in [-0.1, -0.05) is 6.07 Å². The molecule has 0 saturated carbocycles. The molecule has 0 aliphatic rings. The summed E-state index contributed by atoms with van der Waals surface area (Å²) in [5.74, 6) is -2.21. The highest BCUT2D eigenvalue weighted by Crippen LogP contribution is 2.11. The average Bonchev–Trinajstić information content (AvgIpc) is 2.42. The Morgan fingerprint density at radius 1 is 1.24 bits per heavy atom. The Kier molecular flexibility index (Phi) is 7.74. The molecule has 1 amide bonds. The van der Waals surface area contributed by atoms with E-state index in [9.17, 15) is 18.4 Å². The van der Waals surface area contributed by atoms with E-state index in [2.05, 4.69) is 5.32 Å². The van der Waals surface area contributed by atoms with Crippen LogP contribution in [0.2, 0.25) is 0 Å². The number of benzene rings is 1. The number of halogens is 2. The van der Waals surface area contributed by atoms with Gasteiger partial charge in [-0.15, -0.1) is 11.8 Å². The third-order valence-corrected chi connectivity index (χ3v) is 3.59. The van der Waals surface area contributed by atoms with Gasteiger partial charge in [-0.3, -0.25) is 9.59 Å². The third kappa shape index (κ3) is 7.65. The maximum absolute atomic E-state index is 13.0. The lowest BCUT2D eigenvalue weighted by Crippen LogP contribution is -2.25. The zero-order chi connectivity index (χ0) is 15.7. The van der Waals surface area contributed by atoms with Crippen molar-refractivity contribution in [3.05, 3.63) is 35.4 Å². The first kappa shape index (κ1) is 17.4. The number of carbonyl (C=O) groups is 2. The molecule has 0 aromatic heterocycles. The van der Waals surface area contributed by atoms with Crippen molar-refractivity contribution in [1.82, 2.24) is 5.32 Å². The quantitative estimate of drug-likeness (QED) is 0.685. The van der Waals surface area contributed by atoms with Gasteiger partial charge < -0.3 is 10.4 Å². The molecule has 0 atom stereocenters. The Morgan fingerprint density at radius 3 is 2.67 bits per heavy atom. The zero-order valence-corrected chi connectivity index (χ0v) is 12.2. The Labute approximate surface area is 125 Å². The van der Waals surface area contributed by atoms with E-state index in [4.69, 9.17) is 5.11 Å². The molecule has 0 aliphatic carbocycles. The maximum Gasteiger partial charge on any atom is 0.313 e. The summed E-state index contributed by atoms with van der Waals surface area (Å²) in [6.07, 6.45) is 1.33. The molecule has 1 aromatic rings. The van der Waals surface area contributed by atoms with E-state index in [-0.39, 0.29) is 11.7 Å². The van der Waals surface area contributed by atoms with Crippen molar-refractivity contribution < 1.29 is 23.5 Å². The largest absolute Gasteiger partial charge is 0.481 e. The standard InChI is InChI=1S/C14H17F2NO3S/c15-11-5-4-10(8-12(11)16)2-1-3-13(18)17-6-7-21-9-14(19)20/h4-5,8H,1-3,6-7,9H2,(H,17,18)(H,19,20). The maximum atomic E-state index is 13.0. The van der Waals surface area contributed by atoms with E-state index in [0.29, 0.717) is 37.1 Å². The van der Waals surface area contributed by atoms with Crippen LogP contribution < -0.4 is 5.32 Å². The highest BCUT2D eigenvalue weighted by Gasteiger charge is 2.05. The Morgan fingerprint density at radius 2 is 2.00 bits per heavy atom. The molecule has 0 aliphatic heterocycles. The summed E-state index contributed by atoms with van der Waals surface area (Å²) in [7, 11) is 0. The highest BCUT2D eigenvalue weighted by molar-refractivity contribution is 7.99. The number of nitrogens with one attached hydrogen (secondary N) is 1. The first-order chi connectivity index (χ1) is 9.99. The molecule has 1 aromatic carbocycles. The number of hydrogen-bond acceptors (Lipinski definition) is 3. The fourth-order valence-electron chi connectivity index (χ4n) is 1.66. The zero-order valence-electron chi connectivity index (χ0n) is 11.4. The van der Waals surface area contributed by atoms with Crippen molar-refractivity contribution >= 4 is 23.6 Å². The van der Waals surface area contributed by atoms with Gasteiger partial charge in [0.2, 0.25) is 5.91 Å². The predicted octanol–water partition coefficient (Wildman–Crippen LogP) is 2.22. The smallest absolute Gasteiger partial charge is 0.313 e. The summed E-state index contributed by atoms with van der Waals surface area (Å²) >= 11 is 1.24. The van der Waals surface area contributed by atoms with E-state index in [1.165, 1.54) is 17.8 Å². The summed E-state index contributed by atoms with van der Waals surface area (Å²) in [4.78, 5) is 21.7. The number of carboxylic acids is 1. The number of aliphatic carboxylic acids is 1. The van der Waals surface area contributed by atoms with Crippen LogP contribution >= 0.6 is 11.8 Å². The molecular formula is C14H17F2NO3S. The van der Waals surface area contributed by atoms with Crippen LogP contribution in [-0.4, -0.2) is 35.0 Å². The van der Waals surface area contributed by atoms with Crippen LogP contribution in [0, 0.1) is 11.6 Å². The van der Waals surface area contributed by atoms with E-state index < -0.39 is 17.6 Å². The van der Waals surface area contributed by atoms with Crippen LogP contribution in [0.15, 0.2) is 18.2 Å². The molecule has 7 heteroatoms. The first-order valence-electron chi connectivity index (χ1n) is 6.49. The number of hydrogen-bond donors (Lipinski definition) is 2. The molecule has 4 nitrogen and oxygen atoms in total. The van der Waals surface area contributed by atoms with E-state index in [1.54, 1.807) is 0 Å². The van der Waals surface area contributed by atoms with E-state index in [1.807, 2.05) is 0 Å². The van der Waals surface area contributed by atoms with Gasteiger partial charge in [-0.25, -0.2) is 8.78 Å². The number of rotatable bonds is 9. The van der Waals surface area contributed by atoms with Crippen molar-refractivity contribution in [1.29, 1.82) is 0 Å². The monoisotopic (exact) mass is 317 g/mol. The molecule has 0 heterocycles. The van der Waals surface area contributed by atoms with Crippen LogP contribution in [0.25, 0.3) is 0 Å². The van der Waals surface area contributed by atoms with Gasteiger partial charge in [0, 0.05) is 18.7 Å². The van der Waals surface area contributed by atoms with Crippen molar-refractivity contribution in [3.8, 4) is 0 Å². The second kappa shape index (κ2) is 9.33. The normalized spacial score (nSPS) is 10.4. The van der Waals surface area contributed by atoms with Crippen LogP contribution in [0.1, 0.15) is 18.4 Å². The first-order valence-corrected chi connectivity index (χ1v) is 7.64. The molecular weight excluding hydrogens is 300 g/mol. The lowest BCUT2D eigenvalue weighted by molar-refractivity contribution is -0.133. The van der Waals surface area contributed by atoms with E-state index in [0.717, 1.165) is 12.1 Å². The second-order valence-corrected chi connectivity index (χ2v) is 5.50. The minimum Gasteiger partial charge on any atom is -0.481 e. The van der Waals surface area contributed by atoms with Gasteiger partial charge in [-0.05, 0) is 30.5 Å². The minimum absolute atomic E-state index is 0.0198. The van der Waals surface area contributed by atoms with E-state index >= 15 is 0 Å². The van der Waals surface area contributed by atoms with Crippen molar-refractivity contribution in [2.45, 2.75) is 19.3 Å². The molecule has 0 bridgehead atoms. The van der Waals surface area contributed by atoms with Gasteiger partial charge >= 0.3 is 5.97 Å². The molecule has 116 valence electrons. The molecule has 1 rings (SSSR count). The lowest BCUT2D eigenvalue weighted by atomic mass is 10.1.